The fraction of sp³-hybridized carbons (Fsp3) is 1.00. The van der Waals surface area contributed by atoms with Gasteiger partial charge in [-0.25, -0.2) is 0 Å². The van der Waals surface area contributed by atoms with Crippen molar-refractivity contribution < 1.29 is 107 Å². The van der Waals surface area contributed by atoms with Crippen molar-refractivity contribution in [2.75, 3.05) is 6.61 Å². The van der Waals surface area contributed by atoms with E-state index in [4.69, 9.17) is 0 Å². The van der Waals surface area contributed by atoms with Gasteiger partial charge in [0.1, 0.15) is 0 Å². The van der Waals surface area contributed by atoms with Crippen LogP contribution in [0.5, 0.6) is 0 Å². The van der Waals surface area contributed by atoms with Gasteiger partial charge in [-0.2, -0.15) is 0 Å². The molecule has 0 N–H and O–H groups in total. The first-order chi connectivity index (χ1) is 3.56. The molecule has 50 valence electrons. The van der Waals surface area contributed by atoms with Crippen molar-refractivity contribution in [3.05, 3.63) is 0 Å². The maximum Gasteiger partial charge on any atom is 1.00 e. The van der Waals surface area contributed by atoms with Gasteiger partial charge in [-0.05, 0) is 6.42 Å². The zero-order valence-electron chi connectivity index (χ0n) is 7.55. The predicted molar refractivity (Wildman–Crippen MR) is 22.0 cm³/mol. The largest absolute Gasteiger partial charge is 1.00 e. The minimum Gasteiger partial charge on any atom is -0.861 e. The van der Waals surface area contributed by atoms with Gasteiger partial charge in [0.25, 0.3) is 0 Å². The monoisotopic (exact) mass is 204 g/mol. The van der Waals surface area contributed by atoms with E-state index in [1.807, 2.05) is 0 Å². The molecule has 0 spiro atoms. The molecule has 0 aromatic rings. The summed E-state index contributed by atoms with van der Waals surface area (Å²) < 4.78 is 3.85. The molecule has 4 nitrogen and oxygen atoms in total. The Bertz CT molecular complexity index is 68.1. The van der Waals surface area contributed by atoms with Crippen molar-refractivity contribution in [2.45, 2.75) is 13.3 Å². The normalized spacial score (nSPS) is 8.73. The van der Waals surface area contributed by atoms with Gasteiger partial charge in [-0.1, -0.05) is 6.92 Å². The first-order valence-electron chi connectivity index (χ1n) is 2.31. The third-order valence-electron chi connectivity index (χ3n) is 0.483. The number of rotatable bonds is 3. The average Bonchev–Trinajstić information content (AvgIpc) is 1.59. The van der Waals surface area contributed by atoms with E-state index in [1.165, 1.54) is 0 Å². The molecule has 0 bridgehead atoms. The van der Waals surface area contributed by atoms with Crippen LogP contribution in [0.4, 0.5) is 0 Å². The Hall–Kier alpha value is 3.06. The van der Waals surface area contributed by atoms with Crippen molar-refractivity contribution >= 4 is 9.05 Å². The van der Waals surface area contributed by atoms with Gasteiger partial charge in [0.15, 0.2) is 0 Å². The first-order valence-corrected chi connectivity index (χ1v) is 3.95. The standard InChI is InChI=1S/C3H7O4Si.3Na/c1-2-3-7-8(4,5)6;;;/h2-3H2,1H3;;;/q-3;3*+1. The van der Waals surface area contributed by atoms with Crippen LogP contribution in [0.3, 0.4) is 0 Å². The van der Waals surface area contributed by atoms with E-state index in [0.29, 0.717) is 6.42 Å². The fourth-order valence-electron chi connectivity index (χ4n) is 0.227. The van der Waals surface area contributed by atoms with Crippen molar-refractivity contribution in [2.24, 2.45) is 0 Å². The molecule has 0 saturated carbocycles. The molecule has 0 heterocycles. The van der Waals surface area contributed by atoms with Crippen molar-refractivity contribution in [3.8, 4) is 0 Å². The van der Waals surface area contributed by atoms with Crippen LogP contribution in [-0.2, 0) is 4.43 Å². The Morgan fingerprint density at radius 1 is 1.09 bits per heavy atom. The molecule has 0 radical (unpaired) electrons. The summed E-state index contributed by atoms with van der Waals surface area (Å²) in [5.74, 6) is 0. The second kappa shape index (κ2) is 13.1. The van der Waals surface area contributed by atoms with E-state index >= 15 is 0 Å². The van der Waals surface area contributed by atoms with Crippen LogP contribution in [0.1, 0.15) is 13.3 Å². The Morgan fingerprint density at radius 3 is 1.55 bits per heavy atom. The van der Waals surface area contributed by atoms with Crippen LogP contribution >= 0.6 is 0 Å². The molecule has 0 aliphatic heterocycles. The van der Waals surface area contributed by atoms with E-state index in [-0.39, 0.29) is 95.3 Å². The molecule has 0 aliphatic rings. The van der Waals surface area contributed by atoms with Gasteiger partial charge in [0.2, 0.25) is 0 Å². The zero-order valence-corrected chi connectivity index (χ0v) is 14.5. The molecule has 0 aliphatic carbocycles. The number of hydrogen-bond donors (Lipinski definition) is 0. The topological polar surface area (TPSA) is 78.4 Å². The van der Waals surface area contributed by atoms with Crippen molar-refractivity contribution in [1.82, 2.24) is 0 Å². The summed E-state index contributed by atoms with van der Waals surface area (Å²) in [6.45, 7) is 1.73. The maximum atomic E-state index is 9.67. The average molecular weight is 204 g/mol. The van der Waals surface area contributed by atoms with Gasteiger partial charge in [-0.15, -0.1) is 9.05 Å². The minimum atomic E-state index is -4.93. The zero-order chi connectivity index (χ0) is 6.62. The smallest absolute Gasteiger partial charge is 0.861 e. The maximum absolute atomic E-state index is 9.67. The second-order valence-corrected chi connectivity index (χ2v) is 2.64. The van der Waals surface area contributed by atoms with E-state index < -0.39 is 9.05 Å². The molecule has 0 amide bonds. The van der Waals surface area contributed by atoms with Crippen LogP contribution in [-0.4, -0.2) is 15.7 Å². The molecule has 0 aromatic heterocycles. The quantitative estimate of drug-likeness (QED) is 0.428. The summed E-state index contributed by atoms with van der Waals surface area (Å²) in [7, 11) is -4.93. The van der Waals surface area contributed by atoms with E-state index in [1.54, 1.807) is 6.92 Å². The Labute approximate surface area is 134 Å². The van der Waals surface area contributed by atoms with Gasteiger partial charge < -0.3 is 18.8 Å². The van der Waals surface area contributed by atoms with E-state index in [9.17, 15) is 14.4 Å². The first kappa shape index (κ1) is 23.7. The molecular weight excluding hydrogens is 197 g/mol. The summed E-state index contributed by atoms with van der Waals surface area (Å²) in [5, 5.41) is 0. The number of hydrogen-bond acceptors (Lipinski definition) is 4. The van der Waals surface area contributed by atoms with Crippen LogP contribution in [0.25, 0.3) is 0 Å². The molecule has 0 saturated heterocycles. The van der Waals surface area contributed by atoms with Crippen LogP contribution < -0.4 is 103 Å². The summed E-state index contributed by atoms with van der Waals surface area (Å²) in [5.41, 5.74) is 0. The summed E-state index contributed by atoms with van der Waals surface area (Å²) in [6.07, 6.45) is 0.543. The summed E-state index contributed by atoms with van der Waals surface area (Å²) in [4.78, 5) is 29.0. The molecule has 0 unspecified atom stereocenters. The third-order valence-corrected chi connectivity index (χ3v) is 1.04. The van der Waals surface area contributed by atoms with Crippen molar-refractivity contribution in [3.63, 3.8) is 0 Å². The van der Waals surface area contributed by atoms with E-state index in [2.05, 4.69) is 4.43 Å². The SMILES string of the molecule is CCCO[Si]([O-])([O-])[O-].[Na+].[Na+].[Na+]. The molecular formula is C3H7Na3O4Si. The second-order valence-electron chi connectivity index (χ2n) is 1.35. The van der Waals surface area contributed by atoms with Crippen molar-refractivity contribution in [1.29, 1.82) is 0 Å². The van der Waals surface area contributed by atoms with E-state index in [0.717, 1.165) is 0 Å². The summed E-state index contributed by atoms with van der Waals surface area (Å²) >= 11 is 0. The Morgan fingerprint density at radius 2 is 1.45 bits per heavy atom. The molecule has 11 heavy (non-hydrogen) atoms. The van der Waals surface area contributed by atoms with Gasteiger partial charge >= 0.3 is 88.7 Å². The molecule has 0 fully saturated rings. The van der Waals surface area contributed by atoms with Crippen LogP contribution in [0.2, 0.25) is 0 Å². The molecule has 8 heteroatoms. The predicted octanol–water partition coefficient (Wildman–Crippen LogP) is -12.1. The van der Waals surface area contributed by atoms with Crippen LogP contribution in [0.15, 0.2) is 0 Å². The Balaban J connectivity index is -0.0000000817. The summed E-state index contributed by atoms with van der Waals surface area (Å²) in [6, 6.07) is 0. The van der Waals surface area contributed by atoms with Crippen LogP contribution in [0, 0.1) is 0 Å². The fourth-order valence-corrected chi connectivity index (χ4v) is 0.681. The van der Waals surface area contributed by atoms with Gasteiger partial charge in [0, 0.05) is 6.61 Å². The van der Waals surface area contributed by atoms with Gasteiger partial charge in [-0.3, -0.25) is 0 Å². The minimum absolute atomic E-state index is 0. The molecule has 0 atom stereocenters. The molecule has 0 rings (SSSR count). The van der Waals surface area contributed by atoms with Gasteiger partial charge in [0.05, 0.1) is 0 Å². The Kier molecular flexibility index (Phi) is 28.1. The third kappa shape index (κ3) is 24.6. The molecule has 0 aromatic carbocycles.